The van der Waals surface area contributed by atoms with Crippen LogP contribution in [0.1, 0.15) is 24.2 Å². The lowest BCUT2D eigenvalue weighted by Crippen LogP contribution is -2.09. The highest BCUT2D eigenvalue weighted by Crippen LogP contribution is 2.12. The first kappa shape index (κ1) is 12.5. The minimum atomic E-state index is -0.497. The van der Waals surface area contributed by atoms with Crippen LogP contribution in [-0.4, -0.2) is 19.7 Å². The predicted molar refractivity (Wildman–Crippen MR) is 59.2 cm³/mol. The van der Waals surface area contributed by atoms with Crippen molar-refractivity contribution >= 4 is 5.97 Å². The molecule has 0 saturated carbocycles. The minimum absolute atomic E-state index is 0.323. The van der Waals surface area contributed by atoms with Gasteiger partial charge in [0.25, 0.3) is 0 Å². The van der Waals surface area contributed by atoms with Crippen LogP contribution in [0, 0.1) is 5.92 Å². The topological polar surface area (TPSA) is 44.8 Å². The molecule has 4 heteroatoms. The zero-order chi connectivity index (χ0) is 12.0. The van der Waals surface area contributed by atoms with Gasteiger partial charge in [-0.25, -0.2) is 4.79 Å². The van der Waals surface area contributed by atoms with Crippen molar-refractivity contribution in [2.45, 2.75) is 13.8 Å². The molecule has 1 aromatic carbocycles. The molecule has 4 nitrogen and oxygen atoms in total. The van der Waals surface area contributed by atoms with Crippen molar-refractivity contribution in [2.75, 3.05) is 13.7 Å². The molecular formula is C12H16O4. The Hall–Kier alpha value is -1.55. The molecule has 0 fully saturated rings. The minimum Gasteiger partial charge on any atom is -0.497 e. The van der Waals surface area contributed by atoms with Gasteiger partial charge in [-0.05, 0) is 30.2 Å². The van der Waals surface area contributed by atoms with Crippen LogP contribution in [0.15, 0.2) is 24.3 Å². The molecule has 88 valence electrons. The Morgan fingerprint density at radius 1 is 1.25 bits per heavy atom. The smallest absolute Gasteiger partial charge is 0.373 e. The van der Waals surface area contributed by atoms with Crippen LogP contribution in [0.4, 0.5) is 0 Å². The fourth-order valence-corrected chi connectivity index (χ4v) is 0.999. The predicted octanol–water partition coefficient (Wildman–Crippen LogP) is 2.44. The number of ether oxygens (including phenoxy) is 1. The van der Waals surface area contributed by atoms with Crippen LogP contribution in [-0.2, 0) is 9.78 Å². The molecule has 1 rings (SSSR count). The summed E-state index contributed by atoms with van der Waals surface area (Å²) >= 11 is 0. The van der Waals surface area contributed by atoms with Crippen molar-refractivity contribution in [3.63, 3.8) is 0 Å². The second-order valence-corrected chi connectivity index (χ2v) is 3.78. The maximum absolute atomic E-state index is 11.4. The van der Waals surface area contributed by atoms with E-state index >= 15 is 0 Å². The molecule has 0 atom stereocenters. The van der Waals surface area contributed by atoms with Gasteiger partial charge in [0.15, 0.2) is 0 Å². The number of hydrogen-bond donors (Lipinski definition) is 0. The highest BCUT2D eigenvalue weighted by atomic mass is 17.2. The van der Waals surface area contributed by atoms with Gasteiger partial charge >= 0.3 is 5.97 Å². The SMILES string of the molecule is COc1ccc(C(=O)OOCC(C)C)cc1. The van der Waals surface area contributed by atoms with Crippen molar-refractivity contribution in [3.05, 3.63) is 29.8 Å². The molecule has 0 heterocycles. The number of benzene rings is 1. The van der Waals surface area contributed by atoms with E-state index in [1.165, 1.54) is 0 Å². The van der Waals surface area contributed by atoms with Crippen LogP contribution in [0.25, 0.3) is 0 Å². The lowest BCUT2D eigenvalue weighted by Gasteiger charge is -2.06. The largest absolute Gasteiger partial charge is 0.497 e. The van der Waals surface area contributed by atoms with E-state index < -0.39 is 5.97 Å². The molecule has 16 heavy (non-hydrogen) atoms. The Labute approximate surface area is 95.1 Å². The van der Waals surface area contributed by atoms with Crippen LogP contribution in [0.5, 0.6) is 5.75 Å². The number of carbonyl (C=O) groups is 1. The number of hydrogen-bond acceptors (Lipinski definition) is 4. The maximum atomic E-state index is 11.4. The summed E-state index contributed by atoms with van der Waals surface area (Å²) in [5.74, 6) is 0.520. The zero-order valence-corrected chi connectivity index (χ0v) is 9.73. The first-order chi connectivity index (χ1) is 7.63. The van der Waals surface area contributed by atoms with Gasteiger partial charge in [0, 0.05) is 0 Å². The monoisotopic (exact) mass is 224 g/mol. The standard InChI is InChI=1S/C12H16O4/c1-9(2)8-15-16-12(13)10-4-6-11(14-3)7-5-10/h4-7,9H,8H2,1-3H3. The summed E-state index contributed by atoms with van der Waals surface area (Å²) < 4.78 is 4.98. The van der Waals surface area contributed by atoms with Crippen molar-refractivity contribution in [3.8, 4) is 5.75 Å². The summed E-state index contributed by atoms with van der Waals surface area (Å²) in [6.07, 6.45) is 0. The number of methoxy groups -OCH3 is 1. The second kappa shape index (κ2) is 6.12. The van der Waals surface area contributed by atoms with Gasteiger partial charge < -0.3 is 4.74 Å². The third kappa shape index (κ3) is 3.90. The van der Waals surface area contributed by atoms with Gasteiger partial charge in [0.1, 0.15) is 5.75 Å². The van der Waals surface area contributed by atoms with E-state index in [1.807, 2.05) is 13.8 Å². The van der Waals surface area contributed by atoms with Gasteiger partial charge in [0.2, 0.25) is 0 Å². The molecule has 0 saturated heterocycles. The Kier molecular flexibility index (Phi) is 4.79. The summed E-state index contributed by atoms with van der Waals surface area (Å²) in [6, 6.07) is 6.64. The summed E-state index contributed by atoms with van der Waals surface area (Å²) in [7, 11) is 1.57. The van der Waals surface area contributed by atoms with E-state index in [0.29, 0.717) is 23.8 Å². The number of rotatable bonds is 5. The van der Waals surface area contributed by atoms with E-state index in [0.717, 1.165) is 0 Å². The molecule has 0 aromatic heterocycles. The normalized spacial score (nSPS) is 10.2. The molecule has 0 spiro atoms. The Morgan fingerprint density at radius 3 is 2.38 bits per heavy atom. The van der Waals surface area contributed by atoms with Crippen molar-refractivity contribution < 1.29 is 19.3 Å². The van der Waals surface area contributed by atoms with E-state index in [2.05, 4.69) is 4.89 Å². The fraction of sp³-hybridized carbons (Fsp3) is 0.417. The van der Waals surface area contributed by atoms with E-state index in [4.69, 9.17) is 9.62 Å². The van der Waals surface area contributed by atoms with Crippen LogP contribution < -0.4 is 4.74 Å². The molecular weight excluding hydrogens is 208 g/mol. The second-order valence-electron chi connectivity index (χ2n) is 3.78. The average molecular weight is 224 g/mol. The molecule has 0 aliphatic rings. The Bertz CT molecular complexity index is 329. The van der Waals surface area contributed by atoms with Crippen molar-refractivity contribution in [1.29, 1.82) is 0 Å². The molecule has 0 aliphatic heterocycles. The summed E-state index contributed by atoms with van der Waals surface area (Å²) in [5.41, 5.74) is 0.435. The van der Waals surface area contributed by atoms with Gasteiger partial charge in [-0.15, -0.1) is 0 Å². The summed E-state index contributed by atoms with van der Waals surface area (Å²) in [5, 5.41) is 0. The van der Waals surface area contributed by atoms with Crippen molar-refractivity contribution in [1.82, 2.24) is 0 Å². The molecule has 1 aromatic rings. The van der Waals surface area contributed by atoms with Crippen LogP contribution >= 0.6 is 0 Å². The zero-order valence-electron chi connectivity index (χ0n) is 9.73. The van der Waals surface area contributed by atoms with Gasteiger partial charge in [-0.3, -0.25) is 4.89 Å². The molecule has 0 N–H and O–H groups in total. The molecule has 0 amide bonds. The lowest BCUT2D eigenvalue weighted by atomic mass is 10.2. The molecule has 0 bridgehead atoms. The van der Waals surface area contributed by atoms with E-state index in [1.54, 1.807) is 31.4 Å². The van der Waals surface area contributed by atoms with Crippen LogP contribution in [0.3, 0.4) is 0 Å². The van der Waals surface area contributed by atoms with E-state index in [-0.39, 0.29) is 0 Å². The van der Waals surface area contributed by atoms with Gasteiger partial charge in [-0.2, -0.15) is 4.89 Å². The van der Waals surface area contributed by atoms with Crippen LogP contribution in [0.2, 0.25) is 0 Å². The molecule has 0 unspecified atom stereocenters. The van der Waals surface area contributed by atoms with Crippen molar-refractivity contribution in [2.24, 2.45) is 5.92 Å². The van der Waals surface area contributed by atoms with Gasteiger partial charge in [-0.1, -0.05) is 13.8 Å². The maximum Gasteiger partial charge on any atom is 0.373 e. The molecule has 0 aliphatic carbocycles. The lowest BCUT2D eigenvalue weighted by molar-refractivity contribution is -0.246. The highest BCUT2D eigenvalue weighted by molar-refractivity contribution is 5.89. The first-order valence-electron chi connectivity index (χ1n) is 5.11. The molecule has 0 radical (unpaired) electrons. The third-order valence-electron chi connectivity index (χ3n) is 1.86. The third-order valence-corrected chi connectivity index (χ3v) is 1.86. The number of carbonyl (C=O) groups excluding carboxylic acids is 1. The Balaban J connectivity index is 2.46. The highest BCUT2D eigenvalue weighted by Gasteiger charge is 2.08. The quantitative estimate of drug-likeness (QED) is 0.569. The fourth-order valence-electron chi connectivity index (χ4n) is 0.999. The Morgan fingerprint density at radius 2 is 1.88 bits per heavy atom. The van der Waals surface area contributed by atoms with Gasteiger partial charge in [0.05, 0.1) is 19.3 Å². The summed E-state index contributed by atoms with van der Waals surface area (Å²) in [6.45, 7) is 4.34. The summed E-state index contributed by atoms with van der Waals surface area (Å²) in [4.78, 5) is 20.9. The average Bonchev–Trinajstić information content (AvgIpc) is 2.28. The van der Waals surface area contributed by atoms with E-state index in [9.17, 15) is 4.79 Å². The first-order valence-corrected chi connectivity index (χ1v) is 5.11.